The van der Waals surface area contributed by atoms with Gasteiger partial charge in [-0.1, -0.05) is 32.0 Å². The van der Waals surface area contributed by atoms with Gasteiger partial charge in [-0.2, -0.15) is 0 Å². The van der Waals surface area contributed by atoms with Crippen LogP contribution < -0.4 is 5.73 Å². The second-order valence-corrected chi connectivity index (χ2v) is 6.90. The Morgan fingerprint density at radius 3 is 2.81 bits per heavy atom. The number of hydrogen-bond acceptors (Lipinski definition) is 1. The molecule has 2 nitrogen and oxygen atoms in total. The van der Waals surface area contributed by atoms with Gasteiger partial charge in [0.15, 0.2) is 0 Å². The lowest BCUT2D eigenvalue weighted by Gasteiger charge is -2.34. The monoisotopic (exact) mass is 286 g/mol. The van der Waals surface area contributed by atoms with Gasteiger partial charge in [-0.25, -0.2) is 4.39 Å². The number of fused-ring (bicyclic) bond motifs is 1. The van der Waals surface area contributed by atoms with Crippen LogP contribution in [0.4, 0.5) is 4.39 Å². The molecule has 1 aliphatic rings. The summed E-state index contributed by atoms with van der Waals surface area (Å²) < 4.78 is 16.0. The molecule has 21 heavy (non-hydrogen) atoms. The van der Waals surface area contributed by atoms with Gasteiger partial charge in [-0.15, -0.1) is 0 Å². The highest BCUT2D eigenvalue weighted by atomic mass is 19.1. The molecule has 0 fully saturated rings. The normalized spacial score (nSPS) is 20.3. The number of hydrogen-bond donors (Lipinski definition) is 1. The number of aromatic nitrogens is 1. The standard InChI is InChI=1S/C18H23FN2/c1-18(2)11-16(20)14-8-10-21(17(14)12-18)9-7-13-5-3-4-6-15(13)19/h3-6,8,10,16H,7,9,11-12,20H2,1-2H3. The number of nitrogens with two attached hydrogens (primary N) is 1. The second-order valence-electron chi connectivity index (χ2n) is 6.90. The summed E-state index contributed by atoms with van der Waals surface area (Å²) in [5, 5.41) is 0. The van der Waals surface area contributed by atoms with Crippen molar-refractivity contribution in [2.75, 3.05) is 0 Å². The fourth-order valence-electron chi connectivity index (χ4n) is 3.45. The summed E-state index contributed by atoms with van der Waals surface area (Å²) in [7, 11) is 0. The van der Waals surface area contributed by atoms with Gasteiger partial charge < -0.3 is 10.3 Å². The Morgan fingerprint density at radius 1 is 1.29 bits per heavy atom. The molecule has 1 unspecified atom stereocenters. The van der Waals surface area contributed by atoms with E-state index in [1.807, 2.05) is 12.1 Å². The smallest absolute Gasteiger partial charge is 0.126 e. The van der Waals surface area contributed by atoms with Crippen LogP contribution in [0.5, 0.6) is 0 Å². The fraction of sp³-hybridized carbons (Fsp3) is 0.444. The molecule has 1 aromatic carbocycles. The van der Waals surface area contributed by atoms with E-state index in [0.717, 1.165) is 24.9 Å². The molecule has 112 valence electrons. The third-order valence-corrected chi connectivity index (χ3v) is 4.51. The maximum atomic E-state index is 13.7. The predicted octanol–water partition coefficient (Wildman–Crippen LogP) is 3.84. The maximum Gasteiger partial charge on any atom is 0.126 e. The summed E-state index contributed by atoms with van der Waals surface area (Å²) in [5.41, 5.74) is 9.90. The molecule has 0 saturated carbocycles. The zero-order chi connectivity index (χ0) is 15.0. The second kappa shape index (κ2) is 5.30. The van der Waals surface area contributed by atoms with E-state index in [0.29, 0.717) is 6.42 Å². The van der Waals surface area contributed by atoms with Gasteiger partial charge in [-0.3, -0.25) is 0 Å². The van der Waals surface area contributed by atoms with E-state index in [9.17, 15) is 4.39 Å². The Bertz CT molecular complexity index is 642. The van der Waals surface area contributed by atoms with Gasteiger partial charge in [-0.05, 0) is 47.9 Å². The van der Waals surface area contributed by atoms with E-state index >= 15 is 0 Å². The molecular formula is C18H23FN2. The summed E-state index contributed by atoms with van der Waals surface area (Å²) in [4.78, 5) is 0. The minimum atomic E-state index is -0.115. The lowest BCUT2D eigenvalue weighted by molar-refractivity contribution is 0.275. The first-order chi connectivity index (χ1) is 9.96. The summed E-state index contributed by atoms with van der Waals surface area (Å²) in [6, 6.07) is 9.27. The molecule has 2 aromatic rings. The van der Waals surface area contributed by atoms with Crippen LogP contribution in [0.2, 0.25) is 0 Å². The number of aryl methyl sites for hydroxylation is 2. The first-order valence-electron chi connectivity index (χ1n) is 7.63. The zero-order valence-corrected chi connectivity index (χ0v) is 12.8. The van der Waals surface area contributed by atoms with Crippen LogP contribution in [0.3, 0.4) is 0 Å². The van der Waals surface area contributed by atoms with Gasteiger partial charge in [0.1, 0.15) is 5.82 Å². The molecule has 0 radical (unpaired) electrons. The van der Waals surface area contributed by atoms with E-state index in [-0.39, 0.29) is 17.3 Å². The van der Waals surface area contributed by atoms with Crippen molar-refractivity contribution >= 4 is 0 Å². The highest BCUT2D eigenvalue weighted by Gasteiger charge is 2.32. The Balaban J connectivity index is 1.81. The van der Waals surface area contributed by atoms with Gasteiger partial charge >= 0.3 is 0 Å². The van der Waals surface area contributed by atoms with Gasteiger partial charge in [0.25, 0.3) is 0 Å². The quantitative estimate of drug-likeness (QED) is 0.913. The molecule has 1 atom stereocenters. The Kier molecular flexibility index (Phi) is 3.62. The first kappa shape index (κ1) is 14.3. The van der Waals surface area contributed by atoms with Crippen LogP contribution in [0, 0.1) is 11.2 Å². The fourth-order valence-corrected chi connectivity index (χ4v) is 3.45. The SMILES string of the molecule is CC1(C)Cc2c(ccn2CCc2ccccc2F)C(N)C1. The molecule has 0 amide bonds. The molecule has 1 aromatic heterocycles. The summed E-state index contributed by atoms with van der Waals surface area (Å²) in [6.45, 7) is 5.34. The minimum absolute atomic E-state index is 0.115. The summed E-state index contributed by atoms with van der Waals surface area (Å²) in [5.74, 6) is -0.115. The number of nitrogens with zero attached hydrogens (tertiary/aromatic N) is 1. The number of benzene rings is 1. The van der Waals surface area contributed by atoms with Crippen LogP contribution in [0.1, 0.15) is 43.1 Å². The molecule has 0 saturated heterocycles. The van der Waals surface area contributed by atoms with Crippen LogP contribution in [0.25, 0.3) is 0 Å². The van der Waals surface area contributed by atoms with Crippen LogP contribution in [-0.4, -0.2) is 4.57 Å². The van der Waals surface area contributed by atoms with Crippen molar-refractivity contribution in [1.29, 1.82) is 0 Å². The van der Waals surface area contributed by atoms with Gasteiger partial charge in [0, 0.05) is 24.5 Å². The van der Waals surface area contributed by atoms with Crippen molar-refractivity contribution in [3.8, 4) is 0 Å². The number of rotatable bonds is 3. The molecule has 2 N–H and O–H groups in total. The van der Waals surface area contributed by atoms with Crippen LogP contribution >= 0.6 is 0 Å². The lowest BCUT2D eigenvalue weighted by atomic mass is 9.74. The van der Waals surface area contributed by atoms with E-state index in [4.69, 9.17) is 5.73 Å². The summed E-state index contributed by atoms with van der Waals surface area (Å²) in [6.07, 6.45) is 4.88. The Morgan fingerprint density at radius 2 is 2.05 bits per heavy atom. The predicted molar refractivity (Wildman–Crippen MR) is 83.6 cm³/mol. The van der Waals surface area contributed by atoms with E-state index in [2.05, 4.69) is 30.7 Å². The molecule has 1 heterocycles. The van der Waals surface area contributed by atoms with Crippen LogP contribution in [-0.2, 0) is 19.4 Å². The van der Waals surface area contributed by atoms with Crippen LogP contribution in [0.15, 0.2) is 36.5 Å². The molecule has 0 spiro atoms. The third kappa shape index (κ3) is 2.88. The van der Waals surface area contributed by atoms with E-state index in [1.54, 1.807) is 6.07 Å². The molecule has 0 aliphatic heterocycles. The van der Waals surface area contributed by atoms with E-state index in [1.165, 1.54) is 17.3 Å². The average molecular weight is 286 g/mol. The average Bonchev–Trinajstić information content (AvgIpc) is 2.79. The Labute approximate surface area is 125 Å². The summed E-state index contributed by atoms with van der Waals surface area (Å²) >= 11 is 0. The van der Waals surface area contributed by atoms with Gasteiger partial charge in [0.2, 0.25) is 0 Å². The van der Waals surface area contributed by atoms with E-state index < -0.39 is 0 Å². The third-order valence-electron chi connectivity index (χ3n) is 4.51. The molecule has 3 heteroatoms. The Hall–Kier alpha value is -1.61. The van der Waals surface area contributed by atoms with Gasteiger partial charge in [0.05, 0.1) is 0 Å². The zero-order valence-electron chi connectivity index (χ0n) is 12.8. The largest absolute Gasteiger partial charge is 0.351 e. The van der Waals surface area contributed by atoms with Crippen molar-refractivity contribution in [1.82, 2.24) is 4.57 Å². The van der Waals surface area contributed by atoms with Crippen molar-refractivity contribution in [3.05, 3.63) is 59.2 Å². The molecule has 3 rings (SSSR count). The lowest BCUT2D eigenvalue weighted by Crippen LogP contribution is -2.30. The topological polar surface area (TPSA) is 30.9 Å². The highest BCUT2D eigenvalue weighted by molar-refractivity contribution is 5.30. The van der Waals surface area contributed by atoms with Crippen molar-refractivity contribution < 1.29 is 4.39 Å². The maximum absolute atomic E-state index is 13.7. The highest BCUT2D eigenvalue weighted by Crippen LogP contribution is 2.40. The van der Waals surface area contributed by atoms with Crippen molar-refractivity contribution in [2.45, 2.75) is 45.7 Å². The minimum Gasteiger partial charge on any atom is -0.351 e. The first-order valence-corrected chi connectivity index (χ1v) is 7.63. The molecular weight excluding hydrogens is 263 g/mol. The van der Waals surface area contributed by atoms with Crippen molar-refractivity contribution in [2.24, 2.45) is 11.1 Å². The molecule has 0 bridgehead atoms. The number of halogens is 1. The van der Waals surface area contributed by atoms with Crippen molar-refractivity contribution in [3.63, 3.8) is 0 Å². The molecule has 1 aliphatic carbocycles.